The number of likely N-dealkylation sites (tertiary alicyclic amines) is 1. The quantitative estimate of drug-likeness (QED) is 0.316. The lowest BCUT2D eigenvalue weighted by Gasteiger charge is -2.36. The van der Waals surface area contributed by atoms with E-state index in [4.69, 9.17) is 20.8 Å². The molecule has 0 aliphatic carbocycles. The van der Waals surface area contributed by atoms with Gasteiger partial charge in [0.2, 0.25) is 0 Å². The van der Waals surface area contributed by atoms with Gasteiger partial charge >= 0.3 is 0 Å². The SMILES string of the molecule is CC(C)(Oc1ccccc1Cl)C(=O)N1CCC(c2nc(C(=O)Nc3cc(-c4ccco4)[nH]n3)cs2)CC1. The molecule has 5 rings (SSSR count). The number of benzene rings is 1. The number of ether oxygens (including phenoxy) is 1. The maximum Gasteiger partial charge on any atom is 0.276 e. The summed E-state index contributed by atoms with van der Waals surface area (Å²) in [5.74, 6) is 1.27. The highest BCUT2D eigenvalue weighted by molar-refractivity contribution is 7.10. The Morgan fingerprint density at radius 3 is 2.73 bits per heavy atom. The second-order valence-electron chi connectivity index (χ2n) is 9.28. The lowest BCUT2D eigenvalue weighted by Crippen LogP contribution is -2.51. The lowest BCUT2D eigenvalue weighted by molar-refractivity contribution is -0.146. The van der Waals surface area contributed by atoms with E-state index in [0.717, 1.165) is 17.8 Å². The maximum atomic E-state index is 13.2. The Bertz CT molecular complexity index is 1390. The van der Waals surface area contributed by atoms with Crippen LogP contribution in [0.2, 0.25) is 5.02 Å². The fourth-order valence-electron chi connectivity index (χ4n) is 4.26. The number of nitrogens with one attached hydrogen (secondary N) is 2. The molecule has 11 heteroatoms. The Hall–Kier alpha value is -3.63. The van der Waals surface area contributed by atoms with E-state index in [9.17, 15) is 9.59 Å². The van der Waals surface area contributed by atoms with E-state index in [2.05, 4.69) is 20.5 Å². The van der Waals surface area contributed by atoms with E-state index in [0.29, 0.717) is 46.8 Å². The molecular formula is C26H26ClN5O4S. The molecule has 2 amide bonds. The number of aromatic nitrogens is 3. The molecule has 1 saturated heterocycles. The van der Waals surface area contributed by atoms with Crippen molar-refractivity contribution in [1.82, 2.24) is 20.1 Å². The highest BCUT2D eigenvalue weighted by Gasteiger charge is 2.37. The molecule has 0 unspecified atom stereocenters. The molecule has 0 radical (unpaired) electrons. The number of thiazole rings is 1. The number of nitrogens with zero attached hydrogens (tertiary/aromatic N) is 3. The summed E-state index contributed by atoms with van der Waals surface area (Å²) in [6.07, 6.45) is 3.09. The number of carbonyl (C=O) groups excluding carboxylic acids is 2. The predicted molar refractivity (Wildman–Crippen MR) is 141 cm³/mol. The van der Waals surface area contributed by atoms with Crippen LogP contribution in [0.5, 0.6) is 5.75 Å². The second-order valence-corrected chi connectivity index (χ2v) is 10.6. The van der Waals surface area contributed by atoms with Crippen molar-refractivity contribution in [2.24, 2.45) is 0 Å². The Balaban J connectivity index is 1.16. The average Bonchev–Trinajstić information content (AvgIpc) is 3.67. The number of para-hydroxylation sites is 1. The first-order valence-electron chi connectivity index (χ1n) is 11.9. The standard InChI is InChI=1S/C26H26ClN5O4S/c1-26(2,36-20-7-4-3-6-17(20)27)25(34)32-11-9-16(10-12-32)24-28-19(15-37-24)23(33)29-22-14-18(30-31-22)21-8-5-13-35-21/h3-8,13-16H,9-12H2,1-2H3,(H2,29,30,31,33). The van der Waals surface area contributed by atoms with Crippen LogP contribution in [0.4, 0.5) is 5.82 Å². The first-order chi connectivity index (χ1) is 17.8. The van der Waals surface area contributed by atoms with Gasteiger partial charge in [0.05, 0.1) is 16.3 Å². The van der Waals surface area contributed by atoms with Crippen molar-refractivity contribution in [2.45, 2.75) is 38.2 Å². The third-order valence-electron chi connectivity index (χ3n) is 6.21. The summed E-state index contributed by atoms with van der Waals surface area (Å²) in [6, 6.07) is 12.4. The van der Waals surface area contributed by atoms with Crippen molar-refractivity contribution in [3.8, 4) is 17.2 Å². The molecule has 2 N–H and O–H groups in total. The number of anilines is 1. The number of carbonyl (C=O) groups is 2. The number of hydrogen-bond donors (Lipinski definition) is 2. The van der Waals surface area contributed by atoms with Gasteiger partial charge in [-0.2, -0.15) is 5.10 Å². The molecule has 192 valence electrons. The summed E-state index contributed by atoms with van der Waals surface area (Å²) < 4.78 is 11.3. The van der Waals surface area contributed by atoms with Crippen LogP contribution >= 0.6 is 22.9 Å². The van der Waals surface area contributed by atoms with Gasteiger partial charge < -0.3 is 19.4 Å². The monoisotopic (exact) mass is 539 g/mol. The van der Waals surface area contributed by atoms with Gasteiger partial charge in [-0.1, -0.05) is 23.7 Å². The van der Waals surface area contributed by atoms with E-state index in [1.54, 1.807) is 55.8 Å². The third kappa shape index (κ3) is 5.55. The van der Waals surface area contributed by atoms with Gasteiger partial charge in [-0.25, -0.2) is 4.98 Å². The largest absolute Gasteiger partial charge is 0.476 e. The number of furan rings is 1. The van der Waals surface area contributed by atoms with Gasteiger partial charge in [0, 0.05) is 30.5 Å². The zero-order chi connectivity index (χ0) is 26.0. The molecule has 1 fully saturated rings. The molecule has 3 aromatic heterocycles. The topological polar surface area (TPSA) is 113 Å². The third-order valence-corrected chi connectivity index (χ3v) is 7.53. The zero-order valence-electron chi connectivity index (χ0n) is 20.4. The van der Waals surface area contributed by atoms with E-state index in [1.807, 2.05) is 17.0 Å². The Morgan fingerprint density at radius 2 is 2.00 bits per heavy atom. The van der Waals surface area contributed by atoms with Crippen molar-refractivity contribution in [1.29, 1.82) is 0 Å². The van der Waals surface area contributed by atoms with Crippen LogP contribution in [0, 0.1) is 0 Å². The van der Waals surface area contributed by atoms with Crippen molar-refractivity contribution in [2.75, 3.05) is 18.4 Å². The van der Waals surface area contributed by atoms with E-state index >= 15 is 0 Å². The Labute approximate surface area is 222 Å². The number of hydrogen-bond acceptors (Lipinski definition) is 7. The fourth-order valence-corrected chi connectivity index (χ4v) is 5.41. The van der Waals surface area contributed by atoms with Gasteiger partial charge in [0.15, 0.2) is 17.2 Å². The normalized spacial score (nSPS) is 14.5. The summed E-state index contributed by atoms with van der Waals surface area (Å²) in [4.78, 5) is 32.3. The molecule has 4 heterocycles. The van der Waals surface area contributed by atoms with E-state index < -0.39 is 5.60 Å². The van der Waals surface area contributed by atoms with E-state index in [1.165, 1.54) is 11.3 Å². The second kappa shape index (κ2) is 10.4. The molecule has 0 saturated carbocycles. The predicted octanol–water partition coefficient (Wildman–Crippen LogP) is 5.60. The number of halogens is 1. The summed E-state index contributed by atoms with van der Waals surface area (Å²) in [5.41, 5.74) is -0.0378. The van der Waals surface area contributed by atoms with Crippen LogP contribution < -0.4 is 10.1 Å². The maximum absolute atomic E-state index is 13.2. The molecule has 1 aliphatic heterocycles. The van der Waals surface area contributed by atoms with Gasteiger partial charge in [-0.15, -0.1) is 11.3 Å². The first kappa shape index (κ1) is 25.0. The van der Waals surface area contributed by atoms with Crippen molar-refractivity contribution >= 4 is 40.6 Å². The number of H-pyrrole nitrogens is 1. The molecular weight excluding hydrogens is 514 g/mol. The minimum Gasteiger partial charge on any atom is -0.476 e. The fraction of sp³-hybridized carbons (Fsp3) is 0.308. The highest BCUT2D eigenvalue weighted by atomic mass is 35.5. The van der Waals surface area contributed by atoms with Crippen LogP contribution in [0.15, 0.2) is 58.5 Å². The highest BCUT2D eigenvalue weighted by Crippen LogP contribution is 2.33. The Morgan fingerprint density at radius 1 is 1.22 bits per heavy atom. The van der Waals surface area contributed by atoms with Crippen LogP contribution in [0.1, 0.15) is 48.1 Å². The molecule has 0 atom stereocenters. The van der Waals surface area contributed by atoms with Crippen LogP contribution in [-0.2, 0) is 4.79 Å². The van der Waals surface area contributed by atoms with Crippen molar-refractivity contribution in [3.05, 3.63) is 69.8 Å². The summed E-state index contributed by atoms with van der Waals surface area (Å²) >= 11 is 7.67. The van der Waals surface area contributed by atoms with Gasteiger partial charge in [-0.05, 0) is 51.0 Å². The minimum absolute atomic E-state index is 0.0852. The Kier molecular flexibility index (Phi) is 7.03. The van der Waals surface area contributed by atoms with Crippen molar-refractivity contribution in [3.63, 3.8) is 0 Å². The molecule has 4 aromatic rings. The number of piperidine rings is 1. The van der Waals surface area contributed by atoms with Crippen LogP contribution in [-0.4, -0.2) is 50.6 Å². The summed E-state index contributed by atoms with van der Waals surface area (Å²) in [7, 11) is 0. The summed E-state index contributed by atoms with van der Waals surface area (Å²) in [6.45, 7) is 4.69. The molecule has 0 bridgehead atoms. The number of rotatable bonds is 7. The van der Waals surface area contributed by atoms with Crippen LogP contribution in [0.25, 0.3) is 11.5 Å². The zero-order valence-corrected chi connectivity index (χ0v) is 21.9. The van der Waals surface area contributed by atoms with Crippen LogP contribution in [0.3, 0.4) is 0 Å². The molecule has 37 heavy (non-hydrogen) atoms. The molecule has 9 nitrogen and oxygen atoms in total. The van der Waals surface area contributed by atoms with Gasteiger partial charge in [0.25, 0.3) is 11.8 Å². The molecule has 1 aromatic carbocycles. The first-order valence-corrected chi connectivity index (χ1v) is 13.1. The lowest BCUT2D eigenvalue weighted by atomic mass is 9.96. The smallest absolute Gasteiger partial charge is 0.276 e. The van der Waals surface area contributed by atoms with Gasteiger partial charge in [-0.3, -0.25) is 14.7 Å². The minimum atomic E-state index is -1.05. The van der Waals surface area contributed by atoms with Crippen molar-refractivity contribution < 1.29 is 18.7 Å². The van der Waals surface area contributed by atoms with Gasteiger partial charge in [0.1, 0.15) is 17.1 Å². The van der Waals surface area contributed by atoms with E-state index in [-0.39, 0.29) is 17.7 Å². The summed E-state index contributed by atoms with van der Waals surface area (Å²) in [5, 5.41) is 12.8. The average molecular weight is 540 g/mol. The number of aromatic amines is 1. The number of amides is 2. The molecule has 0 spiro atoms. The molecule has 1 aliphatic rings.